The van der Waals surface area contributed by atoms with E-state index in [9.17, 15) is 4.79 Å². The van der Waals surface area contributed by atoms with Crippen LogP contribution in [-0.4, -0.2) is 70.2 Å². The number of para-hydroxylation sites is 2. The molecule has 1 aliphatic rings. The number of nitrogens with one attached hydrogen (secondary N) is 2. The van der Waals surface area contributed by atoms with Gasteiger partial charge in [0.1, 0.15) is 5.75 Å². The van der Waals surface area contributed by atoms with Gasteiger partial charge in [-0.15, -0.1) is 0 Å². The van der Waals surface area contributed by atoms with Crippen LogP contribution >= 0.6 is 0 Å². The molecule has 3 rings (SSSR count). The van der Waals surface area contributed by atoms with Gasteiger partial charge in [0.2, 0.25) is 5.91 Å². The lowest BCUT2D eigenvalue weighted by atomic mass is 10.1. The maximum absolute atomic E-state index is 12.2. The van der Waals surface area contributed by atoms with Gasteiger partial charge < -0.3 is 25.2 Å². The second-order valence-corrected chi connectivity index (χ2v) is 7.13. The van der Waals surface area contributed by atoms with Crippen molar-refractivity contribution in [3.8, 4) is 5.75 Å². The number of ether oxygens (including phenoxy) is 1. The summed E-state index contributed by atoms with van der Waals surface area (Å²) >= 11 is 0. The maximum Gasteiger partial charge on any atom is 0.239 e. The molecule has 1 heterocycles. The molecule has 0 spiro atoms. The van der Waals surface area contributed by atoms with Crippen LogP contribution in [0.4, 0.5) is 5.69 Å². The highest BCUT2D eigenvalue weighted by Crippen LogP contribution is 2.28. The molecule has 0 radical (unpaired) electrons. The van der Waals surface area contributed by atoms with Crippen LogP contribution in [0.2, 0.25) is 0 Å². The second-order valence-electron chi connectivity index (χ2n) is 7.13. The quantitative estimate of drug-likeness (QED) is 0.539. The Morgan fingerprint density at radius 3 is 2.40 bits per heavy atom. The van der Waals surface area contributed by atoms with Crippen LogP contribution in [0, 0.1) is 0 Å². The fraction of sp³-hybridized carbons (Fsp3) is 0.391. The van der Waals surface area contributed by atoms with Gasteiger partial charge in [-0.05, 0) is 24.1 Å². The fourth-order valence-electron chi connectivity index (χ4n) is 3.60. The van der Waals surface area contributed by atoms with E-state index < -0.39 is 0 Å². The zero-order valence-corrected chi connectivity index (χ0v) is 17.8. The van der Waals surface area contributed by atoms with Gasteiger partial charge in [0.05, 0.1) is 19.3 Å². The van der Waals surface area contributed by atoms with E-state index in [-0.39, 0.29) is 12.5 Å². The van der Waals surface area contributed by atoms with Crippen molar-refractivity contribution < 1.29 is 9.53 Å². The SMILES string of the molecule is CN=C(NCC(=O)NCCc1ccccc1)N1CCN(c2ccccc2OC)CC1. The summed E-state index contributed by atoms with van der Waals surface area (Å²) in [6.45, 7) is 4.23. The van der Waals surface area contributed by atoms with Crippen molar-refractivity contribution in [2.24, 2.45) is 4.99 Å². The van der Waals surface area contributed by atoms with Crippen molar-refractivity contribution >= 4 is 17.6 Å². The largest absolute Gasteiger partial charge is 0.495 e. The summed E-state index contributed by atoms with van der Waals surface area (Å²) < 4.78 is 5.48. The molecule has 0 unspecified atom stereocenters. The number of benzene rings is 2. The Labute approximate surface area is 178 Å². The molecule has 2 N–H and O–H groups in total. The van der Waals surface area contributed by atoms with Crippen LogP contribution in [-0.2, 0) is 11.2 Å². The summed E-state index contributed by atoms with van der Waals surface area (Å²) in [7, 11) is 3.45. The fourth-order valence-corrected chi connectivity index (χ4v) is 3.60. The van der Waals surface area contributed by atoms with E-state index in [0.29, 0.717) is 6.54 Å². The standard InChI is InChI=1S/C23H31N5O2/c1-24-23(26-18-22(29)25-13-12-19-8-4-3-5-9-19)28-16-14-27(15-17-28)20-10-6-7-11-21(20)30-2/h3-11H,12-18H2,1-2H3,(H,24,26)(H,25,29). The Balaban J connectivity index is 1.41. The number of rotatable bonds is 7. The number of carbonyl (C=O) groups is 1. The topological polar surface area (TPSA) is 69.2 Å². The molecule has 7 heteroatoms. The first-order valence-corrected chi connectivity index (χ1v) is 10.4. The van der Waals surface area contributed by atoms with Gasteiger partial charge in [-0.25, -0.2) is 0 Å². The van der Waals surface area contributed by atoms with Crippen molar-refractivity contribution in [1.29, 1.82) is 0 Å². The highest BCUT2D eigenvalue weighted by Gasteiger charge is 2.21. The number of anilines is 1. The molecule has 1 fully saturated rings. The van der Waals surface area contributed by atoms with Crippen LogP contribution in [0.25, 0.3) is 0 Å². The minimum atomic E-state index is -0.0280. The molecule has 160 valence electrons. The van der Waals surface area contributed by atoms with Crippen molar-refractivity contribution in [1.82, 2.24) is 15.5 Å². The predicted octanol–water partition coefficient (Wildman–Crippen LogP) is 1.75. The first-order valence-electron chi connectivity index (χ1n) is 10.4. The average molecular weight is 410 g/mol. The summed E-state index contributed by atoms with van der Waals surface area (Å²) in [6, 6.07) is 18.2. The molecule has 0 saturated carbocycles. The van der Waals surface area contributed by atoms with E-state index in [1.165, 1.54) is 5.56 Å². The monoisotopic (exact) mass is 409 g/mol. The Morgan fingerprint density at radius 2 is 1.70 bits per heavy atom. The van der Waals surface area contributed by atoms with E-state index in [1.54, 1.807) is 14.2 Å². The van der Waals surface area contributed by atoms with Crippen LogP contribution in [0.15, 0.2) is 59.6 Å². The molecule has 0 aliphatic carbocycles. The molecule has 1 saturated heterocycles. The van der Waals surface area contributed by atoms with Gasteiger partial charge in [-0.2, -0.15) is 0 Å². The average Bonchev–Trinajstić information content (AvgIpc) is 2.80. The van der Waals surface area contributed by atoms with Crippen LogP contribution < -0.4 is 20.3 Å². The third-order valence-electron chi connectivity index (χ3n) is 5.20. The lowest BCUT2D eigenvalue weighted by Gasteiger charge is -2.38. The van der Waals surface area contributed by atoms with E-state index >= 15 is 0 Å². The minimum absolute atomic E-state index is 0.0280. The number of carbonyl (C=O) groups excluding carboxylic acids is 1. The summed E-state index contributed by atoms with van der Waals surface area (Å²) in [6.07, 6.45) is 0.826. The number of hydrogen-bond donors (Lipinski definition) is 2. The highest BCUT2D eigenvalue weighted by molar-refractivity contribution is 5.86. The van der Waals surface area contributed by atoms with Crippen LogP contribution in [0.1, 0.15) is 5.56 Å². The number of amides is 1. The molecular weight excluding hydrogens is 378 g/mol. The van der Waals surface area contributed by atoms with Gasteiger partial charge in [0.15, 0.2) is 5.96 Å². The molecule has 1 aliphatic heterocycles. The Morgan fingerprint density at radius 1 is 1.00 bits per heavy atom. The predicted molar refractivity (Wildman–Crippen MR) is 121 cm³/mol. The zero-order chi connectivity index (χ0) is 21.2. The summed E-state index contributed by atoms with van der Waals surface area (Å²) in [5.74, 6) is 1.62. The van der Waals surface area contributed by atoms with E-state index in [2.05, 4.69) is 43.6 Å². The Kier molecular flexibility index (Phi) is 7.94. The van der Waals surface area contributed by atoms with Gasteiger partial charge in [-0.3, -0.25) is 9.79 Å². The molecule has 2 aromatic rings. The third-order valence-corrected chi connectivity index (χ3v) is 5.20. The van der Waals surface area contributed by atoms with Crippen LogP contribution in [0.3, 0.4) is 0 Å². The number of hydrogen-bond acceptors (Lipinski definition) is 4. The Bertz CT molecular complexity index is 832. The number of guanidine groups is 1. The molecule has 0 atom stereocenters. The third kappa shape index (κ3) is 5.89. The summed E-state index contributed by atoms with van der Waals surface area (Å²) in [5, 5.41) is 6.14. The molecule has 2 aromatic carbocycles. The Hall–Kier alpha value is -3.22. The first-order chi connectivity index (χ1) is 14.7. The van der Waals surface area contributed by atoms with E-state index in [1.807, 2.05) is 36.4 Å². The minimum Gasteiger partial charge on any atom is -0.495 e. The maximum atomic E-state index is 12.2. The van der Waals surface area contributed by atoms with Crippen molar-refractivity contribution in [3.05, 3.63) is 60.2 Å². The lowest BCUT2D eigenvalue weighted by molar-refractivity contribution is -0.120. The number of methoxy groups -OCH3 is 1. The first kappa shape index (κ1) is 21.5. The molecular formula is C23H31N5O2. The lowest BCUT2D eigenvalue weighted by Crippen LogP contribution is -2.53. The molecule has 7 nitrogen and oxygen atoms in total. The van der Waals surface area contributed by atoms with Gasteiger partial charge in [-0.1, -0.05) is 42.5 Å². The number of aliphatic imine (C=N–C) groups is 1. The molecule has 1 amide bonds. The van der Waals surface area contributed by atoms with Crippen molar-refractivity contribution in [3.63, 3.8) is 0 Å². The zero-order valence-electron chi connectivity index (χ0n) is 17.8. The number of nitrogens with zero attached hydrogens (tertiary/aromatic N) is 3. The van der Waals surface area contributed by atoms with Crippen molar-refractivity contribution in [2.75, 3.05) is 58.3 Å². The van der Waals surface area contributed by atoms with Crippen LogP contribution in [0.5, 0.6) is 5.75 Å². The molecule has 0 bridgehead atoms. The number of piperazine rings is 1. The van der Waals surface area contributed by atoms with E-state index in [4.69, 9.17) is 4.74 Å². The van der Waals surface area contributed by atoms with E-state index in [0.717, 1.165) is 50.0 Å². The van der Waals surface area contributed by atoms with Gasteiger partial charge in [0.25, 0.3) is 0 Å². The summed E-state index contributed by atoms with van der Waals surface area (Å²) in [5.41, 5.74) is 2.33. The molecule has 30 heavy (non-hydrogen) atoms. The van der Waals surface area contributed by atoms with Crippen molar-refractivity contribution in [2.45, 2.75) is 6.42 Å². The van der Waals surface area contributed by atoms with Gasteiger partial charge in [0, 0.05) is 39.8 Å². The highest BCUT2D eigenvalue weighted by atomic mass is 16.5. The smallest absolute Gasteiger partial charge is 0.239 e. The normalized spacial score (nSPS) is 14.4. The summed E-state index contributed by atoms with van der Waals surface area (Å²) in [4.78, 5) is 21.0. The molecule has 0 aromatic heterocycles. The second kappa shape index (κ2) is 11.1. The van der Waals surface area contributed by atoms with Gasteiger partial charge >= 0.3 is 0 Å².